The molecule has 2 aromatic rings. The monoisotopic (exact) mass is 225 g/mol. The smallest absolute Gasteiger partial charge is 0.142 e. The molecule has 1 aromatic heterocycles. The Morgan fingerprint density at radius 1 is 1.35 bits per heavy atom. The van der Waals surface area contributed by atoms with Crippen LogP contribution in [0.2, 0.25) is 0 Å². The molecule has 0 N–H and O–H groups in total. The van der Waals surface area contributed by atoms with Crippen molar-refractivity contribution in [1.29, 1.82) is 5.26 Å². The number of methoxy groups -OCH3 is 1. The van der Waals surface area contributed by atoms with Gasteiger partial charge in [-0.05, 0) is 18.2 Å². The van der Waals surface area contributed by atoms with E-state index in [9.17, 15) is 0 Å². The molecule has 1 aromatic carbocycles. The third kappa shape index (κ3) is 2.58. The summed E-state index contributed by atoms with van der Waals surface area (Å²) >= 11 is 0. The van der Waals surface area contributed by atoms with E-state index in [1.54, 1.807) is 13.3 Å². The van der Waals surface area contributed by atoms with Gasteiger partial charge in [0.25, 0.3) is 0 Å². The molecular weight excluding hydrogens is 214 g/mol. The predicted octanol–water partition coefficient (Wildman–Crippen LogP) is 2.22. The van der Waals surface area contributed by atoms with E-state index in [4.69, 9.17) is 10.00 Å². The molecule has 0 aliphatic carbocycles. The van der Waals surface area contributed by atoms with Crippen LogP contribution in [-0.4, -0.2) is 17.1 Å². The third-order valence-electron chi connectivity index (χ3n) is 2.31. The quantitative estimate of drug-likeness (QED) is 0.803. The van der Waals surface area contributed by atoms with Crippen LogP contribution in [0.1, 0.15) is 5.82 Å². The van der Waals surface area contributed by atoms with E-state index in [1.807, 2.05) is 36.4 Å². The average Bonchev–Trinajstić information content (AvgIpc) is 2.40. The fourth-order valence-corrected chi connectivity index (χ4v) is 1.50. The van der Waals surface area contributed by atoms with Crippen molar-refractivity contribution in [3.63, 3.8) is 0 Å². The van der Waals surface area contributed by atoms with Crippen LogP contribution in [0.15, 0.2) is 36.5 Å². The minimum Gasteiger partial charge on any atom is -0.497 e. The molecule has 0 fully saturated rings. The molecule has 0 spiro atoms. The molecule has 0 amide bonds. The number of ether oxygens (including phenoxy) is 1. The van der Waals surface area contributed by atoms with Crippen molar-refractivity contribution in [2.75, 3.05) is 7.11 Å². The minimum atomic E-state index is 0.220. The number of nitrogens with zero attached hydrogens (tertiary/aromatic N) is 3. The average molecular weight is 225 g/mol. The number of rotatable bonds is 3. The normalized spacial score (nSPS) is 9.65. The lowest BCUT2D eigenvalue weighted by Gasteiger charge is -2.04. The van der Waals surface area contributed by atoms with Crippen molar-refractivity contribution in [3.05, 3.63) is 42.4 Å². The molecule has 4 heteroatoms. The van der Waals surface area contributed by atoms with Gasteiger partial charge in [0.05, 0.1) is 25.3 Å². The highest BCUT2D eigenvalue weighted by atomic mass is 16.5. The highest BCUT2D eigenvalue weighted by Gasteiger charge is 2.03. The second kappa shape index (κ2) is 5.08. The lowest BCUT2D eigenvalue weighted by Crippen LogP contribution is -1.95. The summed E-state index contributed by atoms with van der Waals surface area (Å²) < 4.78 is 5.16. The number of nitriles is 1. The first-order valence-corrected chi connectivity index (χ1v) is 5.17. The minimum absolute atomic E-state index is 0.220. The maximum Gasteiger partial charge on any atom is 0.142 e. The Labute approximate surface area is 99.5 Å². The zero-order valence-electron chi connectivity index (χ0n) is 9.42. The summed E-state index contributed by atoms with van der Waals surface area (Å²) in [5, 5.41) is 8.61. The molecule has 0 saturated carbocycles. The molecule has 0 bridgehead atoms. The summed E-state index contributed by atoms with van der Waals surface area (Å²) in [6, 6.07) is 11.5. The van der Waals surface area contributed by atoms with Crippen LogP contribution in [0.25, 0.3) is 11.3 Å². The predicted molar refractivity (Wildman–Crippen MR) is 63.3 cm³/mol. The highest BCUT2D eigenvalue weighted by Crippen LogP contribution is 2.21. The van der Waals surface area contributed by atoms with Gasteiger partial charge in [-0.2, -0.15) is 5.26 Å². The van der Waals surface area contributed by atoms with Gasteiger partial charge in [-0.3, -0.25) is 0 Å². The number of hydrogen-bond donors (Lipinski definition) is 0. The standard InChI is InChI=1S/C13H11N3O/c1-17-11-4-2-3-10(9-11)12-6-8-15-13(16-12)5-7-14/h2-4,6,8-9H,5H2,1H3. The fourth-order valence-electron chi connectivity index (χ4n) is 1.50. The number of aromatic nitrogens is 2. The van der Waals surface area contributed by atoms with Crippen LogP contribution in [0.5, 0.6) is 5.75 Å². The van der Waals surface area contributed by atoms with Crippen LogP contribution in [0.3, 0.4) is 0 Å². The molecule has 0 radical (unpaired) electrons. The molecule has 0 unspecified atom stereocenters. The Hall–Kier alpha value is -2.41. The van der Waals surface area contributed by atoms with Crippen molar-refractivity contribution in [1.82, 2.24) is 9.97 Å². The van der Waals surface area contributed by atoms with E-state index in [2.05, 4.69) is 9.97 Å². The Kier molecular flexibility index (Phi) is 3.31. The third-order valence-corrected chi connectivity index (χ3v) is 2.31. The van der Waals surface area contributed by atoms with E-state index >= 15 is 0 Å². The molecule has 0 aliphatic rings. The van der Waals surface area contributed by atoms with Gasteiger partial charge in [0.1, 0.15) is 11.6 Å². The molecule has 1 heterocycles. The van der Waals surface area contributed by atoms with Gasteiger partial charge >= 0.3 is 0 Å². The van der Waals surface area contributed by atoms with Gasteiger partial charge in [0.15, 0.2) is 0 Å². The van der Waals surface area contributed by atoms with Crippen molar-refractivity contribution >= 4 is 0 Å². The Morgan fingerprint density at radius 3 is 3.00 bits per heavy atom. The summed E-state index contributed by atoms with van der Waals surface area (Å²) in [7, 11) is 1.63. The van der Waals surface area contributed by atoms with Gasteiger partial charge in [-0.25, -0.2) is 9.97 Å². The molecule has 17 heavy (non-hydrogen) atoms. The first-order chi connectivity index (χ1) is 8.33. The van der Waals surface area contributed by atoms with Gasteiger partial charge in [0, 0.05) is 11.8 Å². The zero-order valence-corrected chi connectivity index (χ0v) is 9.42. The van der Waals surface area contributed by atoms with Gasteiger partial charge < -0.3 is 4.74 Å². The lowest BCUT2D eigenvalue weighted by atomic mass is 10.1. The summed E-state index contributed by atoms with van der Waals surface area (Å²) in [5.41, 5.74) is 1.75. The molecular formula is C13H11N3O. The van der Waals surface area contributed by atoms with Crippen LogP contribution in [0.4, 0.5) is 0 Å². The van der Waals surface area contributed by atoms with Crippen LogP contribution in [-0.2, 0) is 6.42 Å². The van der Waals surface area contributed by atoms with Crippen molar-refractivity contribution < 1.29 is 4.74 Å². The molecule has 0 aliphatic heterocycles. The first-order valence-electron chi connectivity index (χ1n) is 5.17. The first kappa shape index (κ1) is 11.1. The van der Waals surface area contributed by atoms with Crippen LogP contribution < -0.4 is 4.74 Å². The van der Waals surface area contributed by atoms with Gasteiger partial charge in [-0.1, -0.05) is 12.1 Å². The van der Waals surface area contributed by atoms with Crippen LogP contribution in [0, 0.1) is 11.3 Å². The Morgan fingerprint density at radius 2 is 2.24 bits per heavy atom. The number of hydrogen-bond acceptors (Lipinski definition) is 4. The van der Waals surface area contributed by atoms with E-state index in [-0.39, 0.29) is 6.42 Å². The topological polar surface area (TPSA) is 58.8 Å². The zero-order chi connectivity index (χ0) is 12.1. The van der Waals surface area contributed by atoms with E-state index in [0.717, 1.165) is 17.0 Å². The summed E-state index contributed by atoms with van der Waals surface area (Å²) in [6.07, 6.45) is 1.88. The number of benzene rings is 1. The second-order valence-electron chi connectivity index (χ2n) is 3.42. The molecule has 0 saturated heterocycles. The highest BCUT2D eigenvalue weighted by molar-refractivity contribution is 5.60. The van der Waals surface area contributed by atoms with Crippen molar-refractivity contribution in [2.45, 2.75) is 6.42 Å². The molecule has 0 atom stereocenters. The van der Waals surface area contributed by atoms with Gasteiger partial charge in [0.2, 0.25) is 0 Å². The summed E-state index contributed by atoms with van der Waals surface area (Å²) in [4.78, 5) is 8.35. The SMILES string of the molecule is COc1cccc(-c2ccnc(CC#N)n2)c1. The Balaban J connectivity index is 2.38. The van der Waals surface area contributed by atoms with Crippen molar-refractivity contribution in [2.24, 2.45) is 0 Å². The Bertz CT molecular complexity index is 561. The fraction of sp³-hybridized carbons (Fsp3) is 0.154. The molecule has 2 rings (SSSR count). The van der Waals surface area contributed by atoms with Gasteiger partial charge in [-0.15, -0.1) is 0 Å². The maximum absolute atomic E-state index is 8.61. The lowest BCUT2D eigenvalue weighted by molar-refractivity contribution is 0.415. The van der Waals surface area contributed by atoms with E-state index in [1.165, 1.54) is 0 Å². The molecule has 4 nitrogen and oxygen atoms in total. The summed E-state index contributed by atoms with van der Waals surface area (Å²) in [6.45, 7) is 0. The van der Waals surface area contributed by atoms with E-state index < -0.39 is 0 Å². The van der Waals surface area contributed by atoms with Crippen molar-refractivity contribution in [3.8, 4) is 23.1 Å². The largest absolute Gasteiger partial charge is 0.497 e. The maximum atomic E-state index is 8.61. The van der Waals surface area contributed by atoms with Crippen LogP contribution >= 0.6 is 0 Å². The van der Waals surface area contributed by atoms with E-state index in [0.29, 0.717) is 5.82 Å². The summed E-state index contributed by atoms with van der Waals surface area (Å²) in [5.74, 6) is 1.32. The molecule has 84 valence electrons. The second-order valence-corrected chi connectivity index (χ2v) is 3.42.